The van der Waals surface area contributed by atoms with Crippen LogP contribution in [0.25, 0.3) is 10.9 Å². The van der Waals surface area contributed by atoms with E-state index in [1.165, 1.54) is 16.6 Å². The van der Waals surface area contributed by atoms with Crippen LogP contribution in [0.15, 0.2) is 48.8 Å². The van der Waals surface area contributed by atoms with Crippen molar-refractivity contribution in [3.05, 3.63) is 65.6 Å². The minimum absolute atomic E-state index is 0.0772. The topological polar surface area (TPSA) is 49.0 Å². The lowest BCUT2D eigenvalue weighted by molar-refractivity contribution is 0.0735. The molecule has 0 fully saturated rings. The van der Waals surface area contributed by atoms with E-state index in [9.17, 15) is 4.79 Å². The standard InChI is InChI=1S/C17H15N3O/c21-17(12-5-8-18-9-6-12)20-10-7-16-14(11-20)13-3-1-2-4-15(13)19-16/h1-6,8-9,19H,7,10-11H2. The molecular formula is C17H15N3O. The number of hydrogen-bond donors (Lipinski definition) is 1. The highest BCUT2D eigenvalue weighted by molar-refractivity contribution is 5.95. The lowest BCUT2D eigenvalue weighted by atomic mass is 10.0. The fourth-order valence-corrected chi connectivity index (χ4v) is 3.02. The van der Waals surface area contributed by atoms with Gasteiger partial charge in [0, 0.05) is 59.6 Å². The second kappa shape index (κ2) is 4.74. The summed E-state index contributed by atoms with van der Waals surface area (Å²) in [6, 6.07) is 11.8. The van der Waals surface area contributed by atoms with Gasteiger partial charge in [-0.2, -0.15) is 0 Å². The lowest BCUT2D eigenvalue weighted by Gasteiger charge is -2.27. The Hall–Kier alpha value is -2.62. The maximum Gasteiger partial charge on any atom is 0.254 e. The molecule has 0 saturated heterocycles. The zero-order valence-electron chi connectivity index (χ0n) is 11.5. The van der Waals surface area contributed by atoms with Crippen LogP contribution in [0.5, 0.6) is 0 Å². The third kappa shape index (κ3) is 2.00. The molecule has 4 heteroatoms. The molecular weight excluding hydrogens is 262 g/mol. The normalized spacial score (nSPS) is 14.2. The first-order valence-corrected chi connectivity index (χ1v) is 7.11. The van der Waals surface area contributed by atoms with Crippen LogP contribution in [-0.4, -0.2) is 27.3 Å². The van der Waals surface area contributed by atoms with E-state index in [1.807, 2.05) is 17.0 Å². The Bertz CT molecular complexity index is 807. The minimum Gasteiger partial charge on any atom is -0.358 e. The number of pyridine rings is 1. The summed E-state index contributed by atoms with van der Waals surface area (Å²) in [5.74, 6) is 0.0772. The van der Waals surface area contributed by atoms with Crippen LogP contribution in [0.4, 0.5) is 0 Å². The smallest absolute Gasteiger partial charge is 0.254 e. The summed E-state index contributed by atoms with van der Waals surface area (Å²) in [6.07, 6.45) is 4.20. The van der Waals surface area contributed by atoms with E-state index in [0.717, 1.165) is 18.5 Å². The fourth-order valence-electron chi connectivity index (χ4n) is 3.02. The Morgan fingerprint density at radius 3 is 2.81 bits per heavy atom. The zero-order valence-corrected chi connectivity index (χ0v) is 11.5. The lowest BCUT2D eigenvalue weighted by Crippen LogP contribution is -2.35. The molecule has 4 rings (SSSR count). The number of hydrogen-bond acceptors (Lipinski definition) is 2. The van der Waals surface area contributed by atoms with Crippen molar-refractivity contribution >= 4 is 16.8 Å². The van der Waals surface area contributed by atoms with Gasteiger partial charge in [-0.1, -0.05) is 18.2 Å². The minimum atomic E-state index is 0.0772. The number of H-pyrrole nitrogens is 1. The number of aromatic amines is 1. The maximum absolute atomic E-state index is 12.6. The molecule has 0 atom stereocenters. The number of carbonyl (C=O) groups is 1. The summed E-state index contributed by atoms with van der Waals surface area (Å²) < 4.78 is 0. The number of rotatable bonds is 1. The van der Waals surface area contributed by atoms with Gasteiger partial charge in [0.15, 0.2) is 0 Å². The fraction of sp³-hybridized carbons (Fsp3) is 0.176. The first kappa shape index (κ1) is 12.1. The number of benzene rings is 1. The van der Waals surface area contributed by atoms with Crippen molar-refractivity contribution in [3.63, 3.8) is 0 Å². The highest BCUT2D eigenvalue weighted by atomic mass is 16.2. The molecule has 1 aliphatic rings. The van der Waals surface area contributed by atoms with E-state index >= 15 is 0 Å². The van der Waals surface area contributed by atoms with Gasteiger partial charge in [-0.25, -0.2) is 0 Å². The van der Waals surface area contributed by atoms with Gasteiger partial charge in [-0.05, 0) is 18.2 Å². The van der Waals surface area contributed by atoms with Gasteiger partial charge in [0.1, 0.15) is 0 Å². The van der Waals surface area contributed by atoms with Gasteiger partial charge in [-0.3, -0.25) is 9.78 Å². The molecule has 1 amide bonds. The summed E-state index contributed by atoms with van der Waals surface area (Å²) in [4.78, 5) is 21.9. The van der Waals surface area contributed by atoms with E-state index in [4.69, 9.17) is 0 Å². The molecule has 104 valence electrons. The Morgan fingerprint density at radius 2 is 1.95 bits per heavy atom. The Balaban J connectivity index is 1.69. The summed E-state index contributed by atoms with van der Waals surface area (Å²) >= 11 is 0. The molecule has 0 spiro atoms. The monoisotopic (exact) mass is 277 g/mol. The molecule has 0 saturated carbocycles. The van der Waals surface area contributed by atoms with Gasteiger partial charge < -0.3 is 9.88 Å². The highest BCUT2D eigenvalue weighted by Gasteiger charge is 2.24. The summed E-state index contributed by atoms with van der Waals surface area (Å²) in [6.45, 7) is 1.42. The number of carbonyl (C=O) groups excluding carboxylic acids is 1. The second-order valence-corrected chi connectivity index (χ2v) is 5.34. The average Bonchev–Trinajstić information content (AvgIpc) is 2.93. The third-order valence-electron chi connectivity index (χ3n) is 4.10. The second-order valence-electron chi connectivity index (χ2n) is 5.34. The Labute approximate surface area is 122 Å². The summed E-state index contributed by atoms with van der Waals surface area (Å²) in [7, 11) is 0. The number of aromatic nitrogens is 2. The first-order valence-electron chi connectivity index (χ1n) is 7.11. The molecule has 3 aromatic rings. The van der Waals surface area contributed by atoms with Crippen molar-refractivity contribution in [2.45, 2.75) is 13.0 Å². The maximum atomic E-state index is 12.6. The predicted molar refractivity (Wildman–Crippen MR) is 81.0 cm³/mol. The molecule has 0 bridgehead atoms. The molecule has 2 aromatic heterocycles. The van der Waals surface area contributed by atoms with E-state index in [-0.39, 0.29) is 5.91 Å². The van der Waals surface area contributed by atoms with Crippen molar-refractivity contribution < 1.29 is 4.79 Å². The van der Waals surface area contributed by atoms with Crippen molar-refractivity contribution in [2.24, 2.45) is 0 Å². The van der Waals surface area contributed by atoms with Gasteiger partial charge in [0.05, 0.1) is 0 Å². The Morgan fingerprint density at radius 1 is 1.14 bits per heavy atom. The molecule has 3 heterocycles. The molecule has 1 aromatic carbocycles. The Kier molecular flexibility index (Phi) is 2.74. The van der Waals surface area contributed by atoms with Gasteiger partial charge >= 0.3 is 0 Å². The van der Waals surface area contributed by atoms with E-state index < -0.39 is 0 Å². The van der Waals surface area contributed by atoms with Crippen molar-refractivity contribution in [1.29, 1.82) is 0 Å². The van der Waals surface area contributed by atoms with E-state index in [1.54, 1.807) is 24.5 Å². The zero-order chi connectivity index (χ0) is 14.2. The molecule has 0 aliphatic carbocycles. The molecule has 1 aliphatic heterocycles. The van der Waals surface area contributed by atoms with Crippen molar-refractivity contribution in [2.75, 3.05) is 6.54 Å². The molecule has 0 radical (unpaired) electrons. The van der Waals surface area contributed by atoms with Gasteiger partial charge in [0.2, 0.25) is 0 Å². The van der Waals surface area contributed by atoms with E-state index in [0.29, 0.717) is 12.1 Å². The largest absolute Gasteiger partial charge is 0.358 e. The van der Waals surface area contributed by atoms with E-state index in [2.05, 4.69) is 22.1 Å². The summed E-state index contributed by atoms with van der Waals surface area (Å²) in [5.41, 5.74) is 4.36. The highest BCUT2D eigenvalue weighted by Crippen LogP contribution is 2.28. The molecule has 21 heavy (non-hydrogen) atoms. The van der Waals surface area contributed by atoms with Crippen LogP contribution in [0, 0.1) is 0 Å². The number of nitrogens with zero attached hydrogens (tertiary/aromatic N) is 2. The van der Waals surface area contributed by atoms with Crippen LogP contribution < -0.4 is 0 Å². The quantitative estimate of drug-likeness (QED) is 0.743. The first-order chi connectivity index (χ1) is 10.3. The van der Waals surface area contributed by atoms with Crippen LogP contribution in [0.2, 0.25) is 0 Å². The molecule has 0 unspecified atom stereocenters. The predicted octanol–water partition coefficient (Wildman–Crippen LogP) is 2.76. The van der Waals surface area contributed by atoms with Crippen LogP contribution >= 0.6 is 0 Å². The number of amides is 1. The summed E-state index contributed by atoms with van der Waals surface area (Å²) in [5, 5.41) is 1.22. The SMILES string of the molecule is O=C(c1ccncc1)N1CCc2[nH]c3ccccc3c2C1. The van der Waals surface area contributed by atoms with Crippen LogP contribution in [0.1, 0.15) is 21.6 Å². The average molecular weight is 277 g/mol. The number of nitrogens with one attached hydrogen (secondary N) is 1. The van der Waals surface area contributed by atoms with Gasteiger partial charge in [0.25, 0.3) is 5.91 Å². The number of para-hydroxylation sites is 1. The molecule has 1 N–H and O–H groups in total. The molecule has 4 nitrogen and oxygen atoms in total. The van der Waals surface area contributed by atoms with Crippen molar-refractivity contribution in [1.82, 2.24) is 14.9 Å². The van der Waals surface area contributed by atoms with Gasteiger partial charge in [-0.15, -0.1) is 0 Å². The van der Waals surface area contributed by atoms with Crippen molar-refractivity contribution in [3.8, 4) is 0 Å². The van der Waals surface area contributed by atoms with Crippen LogP contribution in [0.3, 0.4) is 0 Å². The van der Waals surface area contributed by atoms with Crippen LogP contribution in [-0.2, 0) is 13.0 Å². The third-order valence-corrected chi connectivity index (χ3v) is 4.10. The number of fused-ring (bicyclic) bond motifs is 3.